The van der Waals surface area contributed by atoms with Gasteiger partial charge in [-0.1, -0.05) is 23.2 Å². The molecule has 1 heterocycles. The summed E-state index contributed by atoms with van der Waals surface area (Å²) in [6, 6.07) is 6.07. The molecule has 0 unspecified atom stereocenters. The number of hydrogen-bond donors (Lipinski definition) is 0. The van der Waals surface area contributed by atoms with Gasteiger partial charge >= 0.3 is 5.97 Å². The first-order valence-corrected chi connectivity index (χ1v) is 6.73. The Morgan fingerprint density at radius 3 is 2.32 bits per heavy atom. The monoisotopic (exact) mass is 340 g/mol. The molecular formula is C14H10Cl2N2O4. The van der Waals surface area contributed by atoms with Crippen LogP contribution in [-0.2, 0) is 4.74 Å². The van der Waals surface area contributed by atoms with E-state index in [4.69, 9.17) is 27.9 Å². The van der Waals surface area contributed by atoms with Gasteiger partial charge in [0.15, 0.2) is 11.4 Å². The van der Waals surface area contributed by atoms with Crippen LogP contribution >= 0.6 is 23.2 Å². The fourth-order valence-corrected chi connectivity index (χ4v) is 2.48. The van der Waals surface area contributed by atoms with E-state index in [2.05, 4.69) is 14.9 Å². The summed E-state index contributed by atoms with van der Waals surface area (Å²) in [7, 11) is 2.64. The van der Waals surface area contributed by atoms with E-state index in [0.717, 1.165) is 0 Å². The average molecular weight is 341 g/mol. The van der Waals surface area contributed by atoms with E-state index in [9.17, 15) is 9.70 Å². The van der Waals surface area contributed by atoms with Gasteiger partial charge in [-0.2, -0.15) is 0 Å². The SMILES string of the molecule is COC(=O)c1nc(-c2cc(Cl)c(OC)c(Cl)c2)ccc1N=O. The molecule has 0 atom stereocenters. The Balaban J connectivity index is 2.58. The van der Waals surface area contributed by atoms with Crippen LogP contribution in [0.2, 0.25) is 10.0 Å². The highest BCUT2D eigenvalue weighted by Crippen LogP contribution is 2.37. The van der Waals surface area contributed by atoms with Crippen LogP contribution in [0.4, 0.5) is 5.69 Å². The second kappa shape index (κ2) is 6.72. The van der Waals surface area contributed by atoms with Crippen molar-refractivity contribution in [1.82, 2.24) is 4.98 Å². The Labute approximate surface area is 135 Å². The smallest absolute Gasteiger partial charge is 0.359 e. The fourth-order valence-electron chi connectivity index (χ4n) is 1.84. The maximum absolute atomic E-state index is 11.7. The minimum Gasteiger partial charge on any atom is -0.494 e. The van der Waals surface area contributed by atoms with Crippen molar-refractivity contribution < 1.29 is 14.3 Å². The van der Waals surface area contributed by atoms with Crippen LogP contribution in [0, 0.1) is 4.91 Å². The standard InChI is InChI=1S/C14H10Cl2N2O4/c1-21-13-8(15)5-7(6-9(13)16)10-3-4-11(18-20)12(17-10)14(19)22-2/h3-6H,1-2H3. The summed E-state index contributed by atoms with van der Waals surface area (Å²) in [5.74, 6) is -0.423. The molecule has 1 aromatic heterocycles. The molecule has 0 saturated carbocycles. The maximum atomic E-state index is 11.7. The molecule has 0 fully saturated rings. The normalized spacial score (nSPS) is 10.2. The lowest BCUT2D eigenvalue weighted by molar-refractivity contribution is 0.0595. The van der Waals surface area contributed by atoms with Crippen LogP contribution in [0.5, 0.6) is 5.75 Å². The van der Waals surface area contributed by atoms with Crippen molar-refractivity contribution in [2.45, 2.75) is 0 Å². The molecule has 1 aromatic carbocycles. The molecule has 0 radical (unpaired) electrons. The molecule has 22 heavy (non-hydrogen) atoms. The van der Waals surface area contributed by atoms with Gasteiger partial charge in [-0.05, 0) is 29.4 Å². The van der Waals surface area contributed by atoms with Crippen molar-refractivity contribution in [1.29, 1.82) is 0 Å². The number of aromatic nitrogens is 1. The Hall–Kier alpha value is -2.18. The van der Waals surface area contributed by atoms with Crippen molar-refractivity contribution in [2.24, 2.45) is 5.18 Å². The number of ether oxygens (including phenoxy) is 2. The maximum Gasteiger partial charge on any atom is 0.359 e. The van der Waals surface area contributed by atoms with Gasteiger partial charge in [-0.15, -0.1) is 4.91 Å². The molecule has 0 bridgehead atoms. The summed E-state index contributed by atoms with van der Waals surface area (Å²) in [5.41, 5.74) is 0.650. The summed E-state index contributed by atoms with van der Waals surface area (Å²) in [6.07, 6.45) is 0. The predicted octanol–water partition coefficient (Wildman–Crippen LogP) is 4.25. The number of nitroso groups, excluding NO2 is 1. The van der Waals surface area contributed by atoms with Crippen LogP contribution < -0.4 is 4.74 Å². The number of esters is 1. The fraction of sp³-hybridized carbons (Fsp3) is 0.143. The third-order valence-corrected chi connectivity index (χ3v) is 3.41. The van der Waals surface area contributed by atoms with Crippen LogP contribution in [0.1, 0.15) is 10.5 Å². The lowest BCUT2D eigenvalue weighted by Gasteiger charge is -2.09. The van der Waals surface area contributed by atoms with Crippen LogP contribution in [0.3, 0.4) is 0 Å². The summed E-state index contributed by atoms with van der Waals surface area (Å²) in [4.78, 5) is 26.5. The molecule has 0 amide bonds. The predicted molar refractivity (Wildman–Crippen MR) is 83.0 cm³/mol. The van der Waals surface area contributed by atoms with E-state index >= 15 is 0 Å². The van der Waals surface area contributed by atoms with Crippen LogP contribution in [0.25, 0.3) is 11.3 Å². The van der Waals surface area contributed by atoms with E-state index in [1.807, 2.05) is 0 Å². The molecule has 0 saturated heterocycles. The number of rotatable bonds is 4. The third-order valence-electron chi connectivity index (χ3n) is 2.85. The second-order valence-corrected chi connectivity index (χ2v) is 4.93. The number of methoxy groups -OCH3 is 2. The highest BCUT2D eigenvalue weighted by Gasteiger charge is 2.17. The van der Waals surface area contributed by atoms with Crippen LogP contribution in [-0.4, -0.2) is 25.2 Å². The Kier molecular flexibility index (Phi) is 4.95. The zero-order valence-corrected chi connectivity index (χ0v) is 13.1. The van der Waals surface area contributed by atoms with Crippen molar-refractivity contribution in [3.8, 4) is 17.0 Å². The topological polar surface area (TPSA) is 77.8 Å². The molecule has 0 N–H and O–H groups in total. The Morgan fingerprint density at radius 2 is 1.82 bits per heavy atom. The summed E-state index contributed by atoms with van der Waals surface area (Å²) >= 11 is 12.2. The summed E-state index contributed by atoms with van der Waals surface area (Å²) < 4.78 is 9.65. The van der Waals surface area contributed by atoms with E-state index < -0.39 is 5.97 Å². The first kappa shape index (κ1) is 16.2. The molecule has 8 heteroatoms. The van der Waals surface area contributed by atoms with Crippen molar-refractivity contribution >= 4 is 34.9 Å². The molecular weight excluding hydrogens is 331 g/mol. The van der Waals surface area contributed by atoms with Gasteiger partial charge in [0.2, 0.25) is 0 Å². The largest absolute Gasteiger partial charge is 0.494 e. The zero-order valence-electron chi connectivity index (χ0n) is 11.6. The second-order valence-electron chi connectivity index (χ2n) is 4.12. The minimum absolute atomic E-state index is 0.110. The number of benzene rings is 1. The lowest BCUT2D eigenvalue weighted by Crippen LogP contribution is -2.05. The van der Waals surface area contributed by atoms with Gasteiger partial charge in [0, 0.05) is 5.56 Å². The van der Waals surface area contributed by atoms with E-state index in [1.54, 1.807) is 12.1 Å². The van der Waals surface area contributed by atoms with Gasteiger partial charge < -0.3 is 9.47 Å². The molecule has 2 rings (SSSR count). The first-order valence-electron chi connectivity index (χ1n) is 5.98. The molecule has 0 aliphatic carbocycles. The third kappa shape index (κ3) is 3.03. The number of carbonyl (C=O) groups excluding carboxylic acids is 1. The van der Waals surface area contributed by atoms with Crippen molar-refractivity contribution in [2.75, 3.05) is 14.2 Å². The average Bonchev–Trinajstić information content (AvgIpc) is 2.53. The highest BCUT2D eigenvalue weighted by molar-refractivity contribution is 6.37. The molecule has 2 aromatic rings. The Morgan fingerprint density at radius 1 is 1.18 bits per heavy atom. The van der Waals surface area contributed by atoms with Crippen LogP contribution in [0.15, 0.2) is 29.4 Å². The first-order chi connectivity index (χ1) is 10.5. The quantitative estimate of drug-likeness (QED) is 0.614. The zero-order chi connectivity index (χ0) is 16.3. The number of carbonyl (C=O) groups is 1. The van der Waals surface area contributed by atoms with Gasteiger partial charge in [0.05, 0.1) is 30.0 Å². The molecule has 114 valence electrons. The Bertz CT molecular complexity index is 727. The number of halogens is 2. The number of pyridine rings is 1. The highest BCUT2D eigenvalue weighted by atomic mass is 35.5. The molecule has 6 nitrogen and oxygen atoms in total. The van der Waals surface area contributed by atoms with Gasteiger partial charge in [-0.25, -0.2) is 9.78 Å². The molecule has 0 aliphatic rings. The van der Waals surface area contributed by atoms with Crippen molar-refractivity contribution in [3.63, 3.8) is 0 Å². The number of hydrogen-bond acceptors (Lipinski definition) is 6. The molecule has 0 aliphatic heterocycles. The van der Waals surface area contributed by atoms with E-state index in [-0.39, 0.29) is 11.4 Å². The van der Waals surface area contributed by atoms with Gasteiger partial charge in [0.25, 0.3) is 0 Å². The number of nitrogens with zero attached hydrogens (tertiary/aromatic N) is 2. The van der Waals surface area contributed by atoms with E-state index in [0.29, 0.717) is 27.1 Å². The van der Waals surface area contributed by atoms with E-state index in [1.165, 1.54) is 26.4 Å². The lowest BCUT2D eigenvalue weighted by atomic mass is 10.1. The minimum atomic E-state index is -0.762. The van der Waals surface area contributed by atoms with Gasteiger partial charge in [-0.3, -0.25) is 0 Å². The van der Waals surface area contributed by atoms with Crippen molar-refractivity contribution in [3.05, 3.63) is 44.9 Å². The molecule has 0 spiro atoms. The summed E-state index contributed by atoms with van der Waals surface area (Å²) in [6.45, 7) is 0. The van der Waals surface area contributed by atoms with Gasteiger partial charge in [0.1, 0.15) is 5.69 Å². The summed E-state index contributed by atoms with van der Waals surface area (Å²) in [5, 5.41) is 3.34.